The van der Waals surface area contributed by atoms with Gasteiger partial charge in [-0.05, 0) is 44.4 Å². The smallest absolute Gasteiger partial charge is 0.329 e. The maximum absolute atomic E-state index is 13.2. The van der Waals surface area contributed by atoms with Crippen LogP contribution in [0.1, 0.15) is 31.0 Å². The van der Waals surface area contributed by atoms with Gasteiger partial charge in [0.05, 0.1) is 18.3 Å². The Kier molecular flexibility index (Phi) is 6.26. The number of hydrogen-bond donors (Lipinski definition) is 0. The second-order valence-corrected chi connectivity index (χ2v) is 7.48. The molecule has 0 spiro atoms. The van der Waals surface area contributed by atoms with Crippen LogP contribution >= 0.6 is 11.3 Å². The van der Waals surface area contributed by atoms with Crippen LogP contribution in [0.5, 0.6) is 0 Å². The van der Waals surface area contributed by atoms with Crippen LogP contribution in [0.4, 0.5) is 0 Å². The molecule has 1 atom stereocenters. The molecule has 3 aromatic rings. The van der Waals surface area contributed by atoms with Crippen molar-refractivity contribution < 1.29 is 14.3 Å². The number of thiophene rings is 1. The zero-order valence-corrected chi connectivity index (χ0v) is 17.3. The fourth-order valence-electron chi connectivity index (χ4n) is 2.92. The molecule has 3 rings (SSSR count). The van der Waals surface area contributed by atoms with Crippen molar-refractivity contribution >= 4 is 27.5 Å². The quantitative estimate of drug-likeness (QED) is 0.445. The van der Waals surface area contributed by atoms with E-state index < -0.39 is 12.0 Å². The van der Waals surface area contributed by atoms with E-state index in [1.54, 1.807) is 6.92 Å². The molecule has 28 heavy (non-hydrogen) atoms. The Morgan fingerprint density at radius 2 is 2.04 bits per heavy atom. The number of esters is 1. The van der Waals surface area contributed by atoms with E-state index >= 15 is 0 Å². The van der Waals surface area contributed by atoms with Crippen LogP contribution in [0.2, 0.25) is 0 Å². The van der Waals surface area contributed by atoms with Crippen LogP contribution in [0, 0.1) is 13.8 Å². The zero-order valence-electron chi connectivity index (χ0n) is 16.5. The van der Waals surface area contributed by atoms with Crippen LogP contribution in [-0.2, 0) is 14.3 Å². The average Bonchev–Trinajstić information content (AvgIpc) is 3.12. The van der Waals surface area contributed by atoms with E-state index in [4.69, 9.17) is 9.47 Å². The minimum atomic E-state index is -0.765. The lowest BCUT2D eigenvalue weighted by molar-refractivity contribution is -0.148. The number of rotatable bonds is 7. The highest BCUT2D eigenvalue weighted by atomic mass is 32.1. The van der Waals surface area contributed by atoms with Gasteiger partial charge < -0.3 is 9.47 Å². The molecule has 0 aliphatic heterocycles. The highest BCUT2D eigenvalue weighted by Crippen LogP contribution is 2.31. The molecule has 0 saturated carbocycles. The molecular weight excluding hydrogens is 376 g/mol. The Balaban J connectivity index is 1.95. The third-order valence-corrected chi connectivity index (χ3v) is 5.66. The minimum absolute atomic E-state index is 0.160. The summed E-state index contributed by atoms with van der Waals surface area (Å²) in [5.74, 6) is -0.481. The topological polar surface area (TPSA) is 70.4 Å². The van der Waals surface area contributed by atoms with Crippen LogP contribution in [-0.4, -0.2) is 35.3 Å². The minimum Gasteiger partial charge on any atom is -0.462 e. The number of ether oxygens (including phenoxy) is 2. The van der Waals surface area contributed by atoms with Gasteiger partial charge >= 0.3 is 5.97 Å². The highest BCUT2D eigenvalue weighted by molar-refractivity contribution is 7.17. The molecule has 0 saturated heterocycles. The second-order valence-electron chi connectivity index (χ2n) is 6.63. The molecule has 0 bridgehead atoms. The van der Waals surface area contributed by atoms with E-state index in [1.165, 1.54) is 27.8 Å². The van der Waals surface area contributed by atoms with Gasteiger partial charge in [-0.15, -0.1) is 11.3 Å². The first-order chi connectivity index (χ1) is 13.4. The Morgan fingerprint density at radius 3 is 2.75 bits per heavy atom. The lowest BCUT2D eigenvalue weighted by Crippen LogP contribution is -2.30. The van der Waals surface area contributed by atoms with Gasteiger partial charge in [0, 0.05) is 17.6 Å². The maximum atomic E-state index is 13.2. The van der Waals surface area contributed by atoms with Gasteiger partial charge in [0.2, 0.25) is 0 Å². The predicted molar refractivity (Wildman–Crippen MR) is 111 cm³/mol. The van der Waals surface area contributed by atoms with Gasteiger partial charge in [0.15, 0.2) is 0 Å². The first kappa shape index (κ1) is 20.2. The van der Waals surface area contributed by atoms with E-state index in [2.05, 4.69) is 18.0 Å². The summed E-state index contributed by atoms with van der Waals surface area (Å²) in [5.41, 5.74) is 3.92. The third-order valence-electron chi connectivity index (χ3n) is 4.77. The number of hydrogen-bond acceptors (Lipinski definition) is 6. The van der Waals surface area contributed by atoms with Crippen molar-refractivity contribution in [1.29, 1.82) is 0 Å². The Morgan fingerprint density at radius 1 is 1.25 bits per heavy atom. The summed E-state index contributed by atoms with van der Waals surface area (Å²) >= 11 is 1.42. The SMILES string of the molecule is CCOCCOC(=O)[C@@H](C)n1cnc2scc(-c3ccc(C)c(C)c3)c2c1=O. The third kappa shape index (κ3) is 4.00. The van der Waals surface area contributed by atoms with Gasteiger partial charge in [0.1, 0.15) is 17.5 Å². The van der Waals surface area contributed by atoms with Crippen molar-refractivity contribution in [3.8, 4) is 11.1 Å². The number of carbonyl (C=O) groups is 1. The summed E-state index contributed by atoms with van der Waals surface area (Å²) in [5, 5.41) is 2.48. The number of aryl methyl sites for hydroxylation is 2. The first-order valence-electron chi connectivity index (χ1n) is 9.24. The van der Waals surface area contributed by atoms with Crippen molar-refractivity contribution in [2.75, 3.05) is 19.8 Å². The van der Waals surface area contributed by atoms with E-state index in [0.29, 0.717) is 23.4 Å². The van der Waals surface area contributed by atoms with Crippen LogP contribution < -0.4 is 5.56 Å². The molecule has 0 radical (unpaired) electrons. The average molecular weight is 401 g/mol. The molecule has 0 N–H and O–H groups in total. The molecule has 148 valence electrons. The lowest BCUT2D eigenvalue weighted by atomic mass is 10.0. The summed E-state index contributed by atoms with van der Waals surface area (Å²) in [6, 6.07) is 5.35. The molecule has 2 aromatic heterocycles. The van der Waals surface area contributed by atoms with E-state index in [1.807, 2.05) is 31.4 Å². The first-order valence-corrected chi connectivity index (χ1v) is 10.1. The summed E-state index contributed by atoms with van der Waals surface area (Å²) < 4.78 is 11.7. The van der Waals surface area contributed by atoms with Crippen LogP contribution in [0.25, 0.3) is 21.3 Å². The standard InChI is InChI=1S/C21H24N2O4S/c1-5-26-8-9-27-21(25)15(4)23-12-22-19-18(20(23)24)17(11-28-19)16-7-6-13(2)14(3)10-16/h6-7,10-12,15H,5,8-9H2,1-4H3/t15-/m1/s1. The number of nitrogens with zero attached hydrogens (tertiary/aromatic N) is 2. The number of aromatic nitrogens is 2. The van der Waals surface area contributed by atoms with Crippen LogP contribution in [0.3, 0.4) is 0 Å². The van der Waals surface area contributed by atoms with Crippen molar-refractivity contribution in [2.24, 2.45) is 0 Å². The number of carbonyl (C=O) groups excluding carboxylic acids is 1. The molecule has 0 aliphatic rings. The number of benzene rings is 1. The monoisotopic (exact) mass is 400 g/mol. The molecule has 0 fully saturated rings. The molecule has 0 unspecified atom stereocenters. The van der Waals surface area contributed by atoms with Crippen molar-refractivity contribution in [2.45, 2.75) is 33.7 Å². The van der Waals surface area contributed by atoms with Gasteiger partial charge in [0.25, 0.3) is 5.56 Å². The molecule has 0 aliphatic carbocycles. The van der Waals surface area contributed by atoms with Crippen LogP contribution in [0.15, 0.2) is 34.7 Å². The predicted octanol–water partition coefficient (Wildman–Crippen LogP) is 3.88. The fourth-order valence-corrected chi connectivity index (χ4v) is 3.83. The fraction of sp³-hybridized carbons (Fsp3) is 0.381. The second kappa shape index (κ2) is 8.67. The maximum Gasteiger partial charge on any atom is 0.329 e. The summed E-state index contributed by atoms with van der Waals surface area (Å²) in [7, 11) is 0. The normalized spacial score (nSPS) is 12.3. The Bertz CT molecular complexity index is 1050. The summed E-state index contributed by atoms with van der Waals surface area (Å²) in [4.78, 5) is 30.5. The summed E-state index contributed by atoms with van der Waals surface area (Å²) in [6.45, 7) is 8.67. The molecule has 7 heteroatoms. The zero-order chi connectivity index (χ0) is 20.3. The van der Waals surface area contributed by atoms with Crippen molar-refractivity contribution in [3.63, 3.8) is 0 Å². The molecule has 2 heterocycles. The van der Waals surface area contributed by atoms with Gasteiger partial charge in [-0.25, -0.2) is 9.78 Å². The highest BCUT2D eigenvalue weighted by Gasteiger charge is 2.21. The van der Waals surface area contributed by atoms with Crippen molar-refractivity contribution in [1.82, 2.24) is 9.55 Å². The molecular formula is C21H24N2O4S. The number of fused-ring (bicyclic) bond motifs is 1. The van der Waals surface area contributed by atoms with E-state index in [-0.39, 0.29) is 12.2 Å². The molecule has 6 nitrogen and oxygen atoms in total. The Hall–Kier alpha value is -2.51. The van der Waals surface area contributed by atoms with E-state index in [0.717, 1.165) is 16.7 Å². The molecule has 1 aromatic carbocycles. The molecule has 0 amide bonds. The van der Waals surface area contributed by atoms with Gasteiger partial charge in [-0.1, -0.05) is 18.2 Å². The van der Waals surface area contributed by atoms with Crippen molar-refractivity contribution in [3.05, 3.63) is 51.4 Å². The lowest BCUT2D eigenvalue weighted by Gasteiger charge is -2.14. The summed E-state index contributed by atoms with van der Waals surface area (Å²) in [6.07, 6.45) is 1.42. The largest absolute Gasteiger partial charge is 0.462 e. The Labute approximate surface area is 167 Å². The van der Waals surface area contributed by atoms with E-state index in [9.17, 15) is 9.59 Å². The van der Waals surface area contributed by atoms with Gasteiger partial charge in [-0.2, -0.15) is 0 Å². The van der Waals surface area contributed by atoms with Gasteiger partial charge in [-0.3, -0.25) is 9.36 Å².